The number of thiazole rings is 1. The zero-order chi connectivity index (χ0) is 18.9. The highest BCUT2D eigenvalue weighted by atomic mass is 32.1. The van der Waals surface area contributed by atoms with Crippen molar-refractivity contribution in [3.63, 3.8) is 0 Å². The molecule has 3 aromatic heterocycles. The van der Waals surface area contributed by atoms with Gasteiger partial charge in [-0.3, -0.25) is 10.4 Å². The molecule has 2 N–H and O–H groups in total. The standard InChI is InChI=1S/C19H14N8S/c20-9-11-2-1-3-13(8-11)15-16(14-6-7-21-22-10-14)28-19(23-15)25-18-24-17(26-27-18)12-4-5-12/h1-3,6-8,10,12H,4-5H2,(H2,23,24,25,26,27). The lowest BCUT2D eigenvalue weighted by Crippen LogP contribution is -1.92. The fraction of sp³-hybridized carbons (Fsp3) is 0.158. The van der Waals surface area contributed by atoms with E-state index >= 15 is 0 Å². The number of anilines is 2. The molecule has 4 aromatic rings. The molecule has 1 aromatic carbocycles. The lowest BCUT2D eigenvalue weighted by Gasteiger charge is -2.02. The van der Waals surface area contributed by atoms with Crippen molar-refractivity contribution in [3.05, 3.63) is 54.1 Å². The molecular weight excluding hydrogens is 372 g/mol. The first kappa shape index (κ1) is 16.5. The molecule has 0 atom stereocenters. The SMILES string of the molecule is N#Cc1cccc(-c2nc(Nc3n[nH]c(C4CC4)n3)sc2-c2ccnnc2)c1. The molecule has 5 rings (SSSR count). The first-order valence-electron chi connectivity index (χ1n) is 8.78. The summed E-state index contributed by atoms with van der Waals surface area (Å²) in [5.41, 5.74) is 3.13. The van der Waals surface area contributed by atoms with E-state index in [9.17, 15) is 5.26 Å². The third-order valence-corrected chi connectivity index (χ3v) is 5.44. The van der Waals surface area contributed by atoms with Gasteiger partial charge < -0.3 is 0 Å². The van der Waals surface area contributed by atoms with Crippen molar-refractivity contribution in [2.24, 2.45) is 0 Å². The van der Waals surface area contributed by atoms with E-state index in [2.05, 4.69) is 36.8 Å². The Bertz CT molecular complexity index is 1170. The first-order valence-corrected chi connectivity index (χ1v) is 9.59. The summed E-state index contributed by atoms with van der Waals surface area (Å²) in [6.07, 6.45) is 5.66. The molecule has 1 aliphatic carbocycles. The van der Waals surface area contributed by atoms with E-state index in [1.54, 1.807) is 18.5 Å². The Kier molecular flexibility index (Phi) is 4.03. The fourth-order valence-corrected chi connectivity index (χ4v) is 3.86. The molecule has 0 aliphatic heterocycles. The Morgan fingerprint density at radius 3 is 2.86 bits per heavy atom. The monoisotopic (exact) mass is 386 g/mol. The van der Waals surface area contributed by atoms with Gasteiger partial charge in [0.2, 0.25) is 5.95 Å². The third-order valence-electron chi connectivity index (χ3n) is 4.42. The number of aromatic amines is 1. The molecule has 0 bridgehead atoms. The predicted molar refractivity (Wildman–Crippen MR) is 105 cm³/mol. The van der Waals surface area contributed by atoms with Crippen molar-refractivity contribution >= 4 is 22.4 Å². The van der Waals surface area contributed by atoms with Gasteiger partial charge in [-0.25, -0.2) is 4.98 Å². The van der Waals surface area contributed by atoms with Crippen LogP contribution < -0.4 is 5.32 Å². The summed E-state index contributed by atoms with van der Waals surface area (Å²) in [4.78, 5) is 10.2. The summed E-state index contributed by atoms with van der Waals surface area (Å²) in [6, 6.07) is 11.5. The van der Waals surface area contributed by atoms with Crippen LogP contribution in [0.25, 0.3) is 21.7 Å². The quantitative estimate of drug-likeness (QED) is 0.534. The van der Waals surface area contributed by atoms with Crippen LogP contribution in [0.4, 0.5) is 11.1 Å². The molecule has 0 amide bonds. The average Bonchev–Trinajstić information content (AvgIpc) is 3.35. The summed E-state index contributed by atoms with van der Waals surface area (Å²) < 4.78 is 0. The Balaban J connectivity index is 1.55. The van der Waals surface area contributed by atoms with Crippen LogP contribution in [0.3, 0.4) is 0 Å². The summed E-state index contributed by atoms with van der Waals surface area (Å²) >= 11 is 1.48. The summed E-state index contributed by atoms with van der Waals surface area (Å²) in [6.45, 7) is 0. The maximum Gasteiger partial charge on any atom is 0.248 e. The fourth-order valence-electron chi connectivity index (χ4n) is 2.89. The van der Waals surface area contributed by atoms with Gasteiger partial charge in [-0.15, -0.1) is 5.10 Å². The van der Waals surface area contributed by atoms with Gasteiger partial charge in [0, 0.05) is 17.0 Å². The summed E-state index contributed by atoms with van der Waals surface area (Å²) in [5.74, 6) is 1.93. The minimum atomic E-state index is 0.502. The summed E-state index contributed by atoms with van der Waals surface area (Å²) in [5, 5.41) is 28.1. The molecule has 136 valence electrons. The second kappa shape index (κ2) is 6.83. The van der Waals surface area contributed by atoms with Gasteiger partial charge in [0.25, 0.3) is 0 Å². The van der Waals surface area contributed by atoms with Crippen LogP contribution >= 0.6 is 11.3 Å². The smallest absolute Gasteiger partial charge is 0.248 e. The van der Waals surface area contributed by atoms with E-state index in [1.165, 1.54) is 11.3 Å². The second-order valence-corrected chi connectivity index (χ2v) is 7.46. The number of rotatable bonds is 5. The predicted octanol–water partition coefficient (Wildman–Crippen LogP) is 3.88. The largest absolute Gasteiger partial charge is 0.299 e. The highest BCUT2D eigenvalue weighted by Gasteiger charge is 2.27. The normalized spacial score (nSPS) is 13.2. The highest BCUT2D eigenvalue weighted by molar-refractivity contribution is 7.19. The van der Waals surface area contributed by atoms with Gasteiger partial charge in [0.1, 0.15) is 5.82 Å². The van der Waals surface area contributed by atoms with Crippen LogP contribution in [-0.4, -0.2) is 30.4 Å². The molecule has 1 aliphatic rings. The second-order valence-electron chi connectivity index (χ2n) is 6.46. The molecule has 1 saturated carbocycles. The Morgan fingerprint density at radius 2 is 2.07 bits per heavy atom. The van der Waals surface area contributed by atoms with Gasteiger partial charge >= 0.3 is 0 Å². The van der Waals surface area contributed by atoms with Crippen LogP contribution in [0, 0.1) is 11.3 Å². The summed E-state index contributed by atoms with van der Waals surface area (Å²) in [7, 11) is 0. The molecule has 0 unspecified atom stereocenters. The maximum absolute atomic E-state index is 9.23. The molecule has 8 nitrogen and oxygen atoms in total. The Labute approximate surface area is 164 Å². The molecule has 3 heterocycles. The van der Waals surface area contributed by atoms with Crippen LogP contribution in [-0.2, 0) is 0 Å². The van der Waals surface area contributed by atoms with Crippen LogP contribution in [0.2, 0.25) is 0 Å². The van der Waals surface area contributed by atoms with Crippen molar-refractivity contribution in [1.82, 2.24) is 30.4 Å². The van der Waals surface area contributed by atoms with Crippen molar-refractivity contribution in [1.29, 1.82) is 5.26 Å². The topological polar surface area (TPSA) is 116 Å². The molecule has 9 heteroatoms. The van der Waals surface area contributed by atoms with Crippen molar-refractivity contribution < 1.29 is 0 Å². The molecule has 0 spiro atoms. The molecule has 0 radical (unpaired) electrons. The number of H-pyrrole nitrogens is 1. The zero-order valence-electron chi connectivity index (χ0n) is 14.6. The van der Waals surface area contributed by atoms with Crippen molar-refractivity contribution in [2.75, 3.05) is 5.32 Å². The first-order chi connectivity index (χ1) is 13.8. The molecular formula is C19H14N8S. The van der Waals surface area contributed by atoms with Crippen molar-refractivity contribution in [3.8, 4) is 27.8 Å². The van der Waals surface area contributed by atoms with E-state index in [4.69, 9.17) is 4.98 Å². The van der Waals surface area contributed by atoms with Crippen LogP contribution in [0.1, 0.15) is 30.1 Å². The third kappa shape index (κ3) is 3.21. The Morgan fingerprint density at radius 1 is 1.14 bits per heavy atom. The van der Waals surface area contributed by atoms with Gasteiger partial charge in [-0.2, -0.15) is 20.4 Å². The van der Waals surface area contributed by atoms with E-state index in [1.807, 2.05) is 24.3 Å². The van der Waals surface area contributed by atoms with Crippen LogP contribution in [0.15, 0.2) is 42.7 Å². The molecule has 1 fully saturated rings. The highest BCUT2D eigenvalue weighted by Crippen LogP contribution is 2.40. The lowest BCUT2D eigenvalue weighted by atomic mass is 10.1. The lowest BCUT2D eigenvalue weighted by molar-refractivity contribution is 0.935. The number of hydrogen-bond donors (Lipinski definition) is 2. The van der Waals surface area contributed by atoms with E-state index in [0.29, 0.717) is 22.6 Å². The number of nitrogens with one attached hydrogen (secondary N) is 2. The average molecular weight is 386 g/mol. The van der Waals surface area contributed by atoms with E-state index < -0.39 is 0 Å². The number of benzene rings is 1. The van der Waals surface area contributed by atoms with Gasteiger partial charge in [0.15, 0.2) is 5.13 Å². The van der Waals surface area contributed by atoms with Gasteiger partial charge in [-0.05, 0) is 31.0 Å². The minimum Gasteiger partial charge on any atom is -0.299 e. The Hall–Kier alpha value is -3.64. The minimum absolute atomic E-state index is 0.502. The molecule has 0 saturated heterocycles. The maximum atomic E-state index is 9.23. The number of hydrogen-bond acceptors (Lipinski definition) is 8. The number of nitrogens with zero attached hydrogens (tertiary/aromatic N) is 6. The number of nitriles is 1. The van der Waals surface area contributed by atoms with Gasteiger partial charge in [-0.1, -0.05) is 23.5 Å². The van der Waals surface area contributed by atoms with Crippen LogP contribution in [0.5, 0.6) is 0 Å². The molecule has 28 heavy (non-hydrogen) atoms. The zero-order valence-corrected chi connectivity index (χ0v) is 15.4. The van der Waals surface area contributed by atoms with E-state index in [0.717, 1.165) is 40.4 Å². The number of aromatic nitrogens is 6. The van der Waals surface area contributed by atoms with E-state index in [-0.39, 0.29) is 0 Å². The van der Waals surface area contributed by atoms with Crippen molar-refractivity contribution in [2.45, 2.75) is 18.8 Å². The van der Waals surface area contributed by atoms with Gasteiger partial charge in [0.05, 0.1) is 34.6 Å².